The lowest BCUT2D eigenvalue weighted by atomic mass is 9.87. The fourth-order valence-electron chi connectivity index (χ4n) is 2.78. The van der Waals surface area contributed by atoms with Crippen LogP contribution in [-0.2, 0) is 19.6 Å². The summed E-state index contributed by atoms with van der Waals surface area (Å²) in [5.41, 5.74) is 1.33. The Kier molecular flexibility index (Phi) is 4.42. The second-order valence-electron chi connectivity index (χ2n) is 6.96. The van der Waals surface area contributed by atoms with E-state index >= 15 is 0 Å². The third kappa shape index (κ3) is 3.07. The monoisotopic (exact) mass is 335 g/mol. The Morgan fingerprint density at radius 1 is 0.583 bits per heavy atom. The number of rotatable bonds is 3. The molecule has 0 radical (unpaired) electrons. The molecule has 0 saturated heterocycles. The van der Waals surface area contributed by atoms with Gasteiger partial charge in [0.1, 0.15) is 0 Å². The summed E-state index contributed by atoms with van der Waals surface area (Å²) in [7, 11) is -2.49. The Labute approximate surface area is 145 Å². The molecule has 0 unspecified atom stereocenters. The molecule has 0 amide bonds. The van der Waals surface area contributed by atoms with Crippen LogP contribution in [0.25, 0.3) is 0 Å². The van der Waals surface area contributed by atoms with Crippen molar-refractivity contribution in [3.8, 4) is 0 Å². The summed E-state index contributed by atoms with van der Waals surface area (Å²) in [5.74, 6) is 0. The first-order chi connectivity index (χ1) is 11.4. The van der Waals surface area contributed by atoms with E-state index in [1.165, 1.54) is 5.56 Å². The maximum atomic E-state index is 14.2. The first-order valence-corrected chi connectivity index (χ1v) is 9.73. The highest BCUT2D eigenvalue weighted by Crippen LogP contribution is 2.37. The van der Waals surface area contributed by atoms with Crippen molar-refractivity contribution in [3.05, 3.63) is 90.5 Å². The molecule has 122 valence electrons. The van der Waals surface area contributed by atoms with Gasteiger partial charge >= 0.3 is 0 Å². The van der Waals surface area contributed by atoms with Gasteiger partial charge in [-0.25, -0.2) is 0 Å². The van der Waals surface area contributed by atoms with E-state index in [-0.39, 0.29) is 5.41 Å². The summed E-state index contributed by atoms with van der Waals surface area (Å²) >= 11 is 0. The molecule has 0 heterocycles. The fourth-order valence-corrected chi connectivity index (χ4v) is 5.20. The molecular formula is C22H23OS+. The van der Waals surface area contributed by atoms with Gasteiger partial charge in [-0.05, 0) is 47.4 Å². The van der Waals surface area contributed by atoms with Gasteiger partial charge in [-0.15, -0.1) is 0 Å². The van der Waals surface area contributed by atoms with Crippen LogP contribution in [0.3, 0.4) is 0 Å². The minimum absolute atomic E-state index is 0.0822. The zero-order valence-corrected chi connectivity index (χ0v) is 15.2. The highest BCUT2D eigenvalue weighted by atomic mass is 32.2. The van der Waals surface area contributed by atoms with Crippen molar-refractivity contribution in [1.29, 1.82) is 0 Å². The predicted molar refractivity (Wildman–Crippen MR) is 101 cm³/mol. The van der Waals surface area contributed by atoms with Crippen LogP contribution in [0.5, 0.6) is 0 Å². The van der Waals surface area contributed by atoms with Gasteiger partial charge in [0.25, 0.3) is 0 Å². The Morgan fingerprint density at radius 2 is 0.958 bits per heavy atom. The summed E-state index contributed by atoms with van der Waals surface area (Å²) in [5, 5.41) is 0. The molecule has 0 atom stereocenters. The van der Waals surface area contributed by atoms with Gasteiger partial charge in [-0.1, -0.05) is 73.5 Å². The average molecular weight is 335 g/mol. The summed E-state index contributed by atoms with van der Waals surface area (Å²) in [6.07, 6.45) is 0. The van der Waals surface area contributed by atoms with Crippen LogP contribution in [-0.4, -0.2) is 0 Å². The first-order valence-electron chi connectivity index (χ1n) is 8.17. The Hall–Kier alpha value is -2.19. The topological polar surface area (TPSA) is 17.1 Å². The lowest BCUT2D eigenvalue weighted by Crippen LogP contribution is -2.15. The van der Waals surface area contributed by atoms with Crippen LogP contribution in [0.15, 0.2) is 99.6 Å². The lowest BCUT2D eigenvalue weighted by molar-refractivity contribution is 0.581. The minimum atomic E-state index is -2.49. The SMILES string of the molecule is CC(C)(C)c1ccc([S+](=O)(c2ccccc2)c2ccccc2)cc1. The van der Waals surface area contributed by atoms with Crippen molar-refractivity contribution in [1.82, 2.24) is 0 Å². The zero-order valence-electron chi connectivity index (χ0n) is 14.4. The van der Waals surface area contributed by atoms with Crippen LogP contribution in [0, 0.1) is 0 Å². The van der Waals surface area contributed by atoms with Crippen molar-refractivity contribution < 1.29 is 4.21 Å². The van der Waals surface area contributed by atoms with Crippen LogP contribution in [0.4, 0.5) is 0 Å². The summed E-state index contributed by atoms with van der Waals surface area (Å²) in [4.78, 5) is 2.55. The second kappa shape index (κ2) is 6.37. The third-order valence-electron chi connectivity index (χ3n) is 4.20. The van der Waals surface area contributed by atoms with Crippen LogP contribution in [0.1, 0.15) is 26.3 Å². The van der Waals surface area contributed by atoms with Crippen molar-refractivity contribution in [2.75, 3.05) is 0 Å². The quantitative estimate of drug-likeness (QED) is 0.540. The third-order valence-corrected chi connectivity index (χ3v) is 7.01. The molecule has 24 heavy (non-hydrogen) atoms. The molecule has 0 aliphatic carbocycles. The molecule has 0 aliphatic rings. The van der Waals surface area contributed by atoms with E-state index in [4.69, 9.17) is 0 Å². The van der Waals surface area contributed by atoms with Crippen molar-refractivity contribution in [2.45, 2.75) is 40.9 Å². The van der Waals surface area contributed by atoms with E-state index in [2.05, 4.69) is 32.9 Å². The number of hydrogen-bond acceptors (Lipinski definition) is 1. The molecule has 1 nitrogen and oxygen atoms in total. The molecule has 0 aliphatic heterocycles. The second-order valence-corrected chi connectivity index (χ2v) is 9.48. The summed E-state index contributed by atoms with van der Waals surface area (Å²) < 4.78 is 14.2. The molecule has 3 aromatic carbocycles. The van der Waals surface area contributed by atoms with Gasteiger partial charge in [-0.3, -0.25) is 0 Å². The highest BCUT2D eigenvalue weighted by Gasteiger charge is 2.37. The van der Waals surface area contributed by atoms with Gasteiger partial charge in [0.05, 0.1) is 0 Å². The molecule has 0 N–H and O–H groups in total. The van der Waals surface area contributed by atoms with E-state index < -0.39 is 9.93 Å². The van der Waals surface area contributed by atoms with Crippen molar-refractivity contribution >= 4 is 9.93 Å². The number of hydrogen-bond donors (Lipinski definition) is 0. The maximum absolute atomic E-state index is 14.2. The molecule has 0 fully saturated rings. The van der Waals surface area contributed by atoms with Crippen LogP contribution < -0.4 is 0 Å². The molecule has 0 bridgehead atoms. The molecule has 3 aromatic rings. The molecule has 2 heteroatoms. The Balaban J connectivity index is 2.18. The smallest absolute Gasteiger partial charge is 0.0875 e. The van der Waals surface area contributed by atoms with Gasteiger partial charge in [0, 0.05) is 0 Å². The van der Waals surface area contributed by atoms with E-state index in [9.17, 15) is 4.21 Å². The van der Waals surface area contributed by atoms with Crippen LogP contribution in [0.2, 0.25) is 0 Å². The largest absolute Gasteiger partial charge is 0.182 e. The average Bonchev–Trinajstić information content (AvgIpc) is 2.62. The molecule has 0 spiro atoms. The molecule has 0 aromatic heterocycles. The zero-order chi connectivity index (χ0) is 17.2. The van der Waals surface area contributed by atoms with Gasteiger partial charge in [-0.2, -0.15) is 0 Å². The molecular weight excluding hydrogens is 312 g/mol. The fraction of sp³-hybridized carbons (Fsp3) is 0.182. The Morgan fingerprint density at radius 3 is 1.33 bits per heavy atom. The summed E-state index contributed by atoms with van der Waals surface area (Å²) in [6.45, 7) is 6.56. The standard InChI is InChI=1S/C22H23OS/c1-22(2,3)18-14-16-21(17-15-18)24(23,19-10-6-4-7-11-19)20-12-8-5-9-13-20/h4-17H,1-3H3/q+1. The molecule has 3 rings (SSSR count). The van der Waals surface area contributed by atoms with E-state index in [0.29, 0.717) is 0 Å². The normalized spacial score (nSPS) is 12.1. The van der Waals surface area contributed by atoms with E-state index in [1.807, 2.05) is 72.8 Å². The lowest BCUT2D eigenvalue weighted by Gasteiger charge is -2.19. The van der Waals surface area contributed by atoms with Crippen LogP contribution >= 0.6 is 0 Å². The minimum Gasteiger partial charge on any atom is -0.0875 e. The van der Waals surface area contributed by atoms with Crippen molar-refractivity contribution in [3.63, 3.8) is 0 Å². The van der Waals surface area contributed by atoms with E-state index in [0.717, 1.165) is 14.7 Å². The van der Waals surface area contributed by atoms with Gasteiger partial charge in [0.15, 0.2) is 24.6 Å². The van der Waals surface area contributed by atoms with Gasteiger partial charge < -0.3 is 0 Å². The number of benzene rings is 3. The summed E-state index contributed by atoms with van der Waals surface area (Å²) in [6, 6.07) is 27.7. The van der Waals surface area contributed by atoms with E-state index in [1.54, 1.807) is 0 Å². The molecule has 0 saturated carbocycles. The Bertz CT molecular complexity index is 800. The van der Waals surface area contributed by atoms with Gasteiger partial charge in [0.2, 0.25) is 0 Å². The van der Waals surface area contributed by atoms with Crippen molar-refractivity contribution in [2.24, 2.45) is 0 Å². The highest BCUT2D eigenvalue weighted by molar-refractivity contribution is 8.03. The maximum Gasteiger partial charge on any atom is 0.182 e. The predicted octanol–water partition coefficient (Wildman–Crippen LogP) is 5.96. The first kappa shape index (κ1) is 16.7.